The Bertz CT molecular complexity index is 816. The van der Waals surface area contributed by atoms with Gasteiger partial charge in [-0.25, -0.2) is 0 Å². The van der Waals surface area contributed by atoms with E-state index in [9.17, 15) is 0 Å². The van der Waals surface area contributed by atoms with Crippen molar-refractivity contribution in [2.24, 2.45) is 0 Å². The molecule has 0 radical (unpaired) electrons. The minimum atomic E-state index is -0.245. The van der Waals surface area contributed by atoms with Crippen molar-refractivity contribution in [2.45, 2.75) is 58.8 Å². The van der Waals surface area contributed by atoms with E-state index in [0.29, 0.717) is 5.11 Å². The van der Waals surface area contributed by atoms with Crippen LogP contribution in [0.3, 0.4) is 0 Å². The molecule has 0 aliphatic carbocycles. The predicted molar refractivity (Wildman–Crippen MR) is 115 cm³/mol. The van der Waals surface area contributed by atoms with Crippen molar-refractivity contribution < 1.29 is 9.47 Å². The SMILES string of the molecule is Cc1ccc2c(c1)[C@H](NC(=S)Nc1ccc(OC(C)C)cc1)CC(C)(C)O2. The third kappa shape index (κ3) is 5.13. The normalized spacial score (nSPS) is 17.6. The van der Waals surface area contributed by atoms with Crippen LogP contribution in [0.1, 0.15) is 51.3 Å². The van der Waals surface area contributed by atoms with Crippen LogP contribution in [0.4, 0.5) is 5.69 Å². The summed E-state index contributed by atoms with van der Waals surface area (Å²) in [7, 11) is 0. The summed E-state index contributed by atoms with van der Waals surface area (Å²) in [6, 6.07) is 14.2. The van der Waals surface area contributed by atoms with Crippen molar-refractivity contribution in [3.8, 4) is 11.5 Å². The van der Waals surface area contributed by atoms with E-state index in [4.69, 9.17) is 21.7 Å². The number of hydrogen-bond donors (Lipinski definition) is 2. The molecule has 0 amide bonds. The minimum absolute atomic E-state index is 0.104. The van der Waals surface area contributed by atoms with Gasteiger partial charge in [0.05, 0.1) is 12.1 Å². The smallest absolute Gasteiger partial charge is 0.171 e. The number of rotatable bonds is 4. The van der Waals surface area contributed by atoms with Gasteiger partial charge in [0, 0.05) is 17.7 Å². The van der Waals surface area contributed by atoms with E-state index >= 15 is 0 Å². The summed E-state index contributed by atoms with van der Waals surface area (Å²) in [5.41, 5.74) is 3.05. The molecule has 144 valence electrons. The molecule has 4 nitrogen and oxygen atoms in total. The van der Waals surface area contributed by atoms with Gasteiger partial charge in [0.25, 0.3) is 0 Å². The summed E-state index contributed by atoms with van der Waals surface area (Å²) in [4.78, 5) is 0. The molecule has 2 aromatic rings. The Morgan fingerprint density at radius 3 is 2.56 bits per heavy atom. The lowest BCUT2D eigenvalue weighted by molar-refractivity contribution is 0.0696. The van der Waals surface area contributed by atoms with E-state index in [0.717, 1.165) is 29.2 Å². The van der Waals surface area contributed by atoms with Crippen LogP contribution in [-0.4, -0.2) is 16.8 Å². The molecule has 0 aromatic heterocycles. The number of benzene rings is 2. The fourth-order valence-corrected chi connectivity index (χ4v) is 3.58. The van der Waals surface area contributed by atoms with E-state index in [1.54, 1.807) is 0 Å². The fraction of sp³-hybridized carbons (Fsp3) is 0.409. The Hall–Kier alpha value is -2.27. The third-order valence-corrected chi connectivity index (χ3v) is 4.63. The first-order chi connectivity index (χ1) is 12.7. The van der Waals surface area contributed by atoms with Gasteiger partial charge in [-0.3, -0.25) is 0 Å². The molecule has 0 saturated carbocycles. The summed E-state index contributed by atoms with van der Waals surface area (Å²) in [6.07, 6.45) is 0.999. The number of aryl methyl sites for hydroxylation is 1. The van der Waals surface area contributed by atoms with E-state index in [1.165, 1.54) is 5.56 Å². The van der Waals surface area contributed by atoms with Crippen molar-refractivity contribution in [1.82, 2.24) is 5.32 Å². The fourth-order valence-electron chi connectivity index (χ4n) is 3.32. The van der Waals surface area contributed by atoms with E-state index < -0.39 is 0 Å². The van der Waals surface area contributed by atoms with E-state index in [1.807, 2.05) is 44.2 Å². The molecule has 2 N–H and O–H groups in total. The second-order valence-electron chi connectivity index (χ2n) is 7.95. The van der Waals surface area contributed by atoms with Crippen LogP contribution >= 0.6 is 12.2 Å². The molecule has 1 aliphatic heterocycles. The van der Waals surface area contributed by atoms with Gasteiger partial charge in [0.2, 0.25) is 0 Å². The van der Waals surface area contributed by atoms with Gasteiger partial charge in [-0.05, 0) is 77.2 Å². The molecular formula is C22H28N2O2S. The first-order valence-corrected chi connectivity index (χ1v) is 9.76. The van der Waals surface area contributed by atoms with Crippen LogP contribution in [0.5, 0.6) is 11.5 Å². The van der Waals surface area contributed by atoms with Crippen molar-refractivity contribution >= 4 is 23.0 Å². The maximum absolute atomic E-state index is 6.13. The molecule has 0 spiro atoms. The van der Waals surface area contributed by atoms with Crippen molar-refractivity contribution in [3.05, 3.63) is 53.6 Å². The van der Waals surface area contributed by atoms with Gasteiger partial charge >= 0.3 is 0 Å². The molecular weight excluding hydrogens is 356 g/mol. The summed E-state index contributed by atoms with van der Waals surface area (Å²) in [5, 5.41) is 7.33. The molecule has 0 fully saturated rings. The van der Waals surface area contributed by atoms with Crippen LogP contribution in [-0.2, 0) is 0 Å². The zero-order chi connectivity index (χ0) is 19.6. The summed E-state index contributed by atoms with van der Waals surface area (Å²) >= 11 is 5.56. The maximum atomic E-state index is 6.13. The monoisotopic (exact) mass is 384 g/mol. The van der Waals surface area contributed by atoms with Crippen LogP contribution in [0.25, 0.3) is 0 Å². The van der Waals surface area contributed by atoms with Crippen molar-refractivity contribution in [1.29, 1.82) is 0 Å². The van der Waals surface area contributed by atoms with Gasteiger partial charge in [-0.1, -0.05) is 17.7 Å². The molecule has 2 aromatic carbocycles. The minimum Gasteiger partial charge on any atom is -0.491 e. The number of anilines is 1. The Morgan fingerprint density at radius 2 is 1.89 bits per heavy atom. The molecule has 3 rings (SSSR count). The van der Waals surface area contributed by atoms with E-state index in [-0.39, 0.29) is 17.7 Å². The van der Waals surface area contributed by atoms with Crippen LogP contribution in [0.15, 0.2) is 42.5 Å². The lowest BCUT2D eigenvalue weighted by Gasteiger charge is -2.38. The zero-order valence-electron chi connectivity index (χ0n) is 16.6. The van der Waals surface area contributed by atoms with Crippen molar-refractivity contribution in [2.75, 3.05) is 5.32 Å². The molecule has 1 heterocycles. The quantitative estimate of drug-likeness (QED) is 0.694. The lowest BCUT2D eigenvalue weighted by Crippen LogP contribution is -2.42. The Balaban J connectivity index is 1.69. The first kappa shape index (κ1) is 19.5. The van der Waals surface area contributed by atoms with E-state index in [2.05, 4.69) is 43.5 Å². The number of thiocarbonyl (C=S) groups is 1. The number of hydrogen-bond acceptors (Lipinski definition) is 3. The maximum Gasteiger partial charge on any atom is 0.171 e. The molecule has 27 heavy (non-hydrogen) atoms. The molecule has 5 heteroatoms. The zero-order valence-corrected chi connectivity index (χ0v) is 17.4. The highest BCUT2D eigenvalue weighted by atomic mass is 32.1. The van der Waals surface area contributed by atoms with Gasteiger partial charge in [0.1, 0.15) is 17.1 Å². The topological polar surface area (TPSA) is 42.5 Å². The molecule has 0 unspecified atom stereocenters. The highest BCUT2D eigenvalue weighted by Crippen LogP contribution is 2.39. The number of nitrogens with one attached hydrogen (secondary N) is 2. The predicted octanol–water partition coefficient (Wildman–Crippen LogP) is 5.37. The summed E-state index contributed by atoms with van der Waals surface area (Å²) < 4.78 is 11.8. The van der Waals surface area contributed by atoms with Crippen LogP contribution in [0, 0.1) is 6.92 Å². The molecule has 1 atom stereocenters. The van der Waals surface area contributed by atoms with Gasteiger partial charge < -0.3 is 20.1 Å². The standard InChI is InChI=1S/C22H28N2O2S/c1-14(2)25-17-9-7-16(8-10-17)23-21(27)24-19-13-22(4,5)26-20-11-6-15(3)12-18(19)20/h6-12,14,19H,13H2,1-5H3,(H2,23,24,27)/t19-/m1/s1. The summed E-state index contributed by atoms with van der Waals surface area (Å²) in [6.45, 7) is 10.3. The highest BCUT2D eigenvalue weighted by molar-refractivity contribution is 7.80. The van der Waals surface area contributed by atoms with Crippen molar-refractivity contribution in [3.63, 3.8) is 0 Å². The largest absolute Gasteiger partial charge is 0.491 e. The Morgan fingerprint density at radius 1 is 1.19 bits per heavy atom. The lowest BCUT2D eigenvalue weighted by atomic mass is 9.89. The first-order valence-electron chi connectivity index (χ1n) is 9.36. The number of ether oxygens (including phenoxy) is 2. The summed E-state index contributed by atoms with van der Waals surface area (Å²) in [5.74, 6) is 1.78. The molecule has 0 bridgehead atoms. The van der Waals surface area contributed by atoms with Crippen LogP contribution in [0.2, 0.25) is 0 Å². The van der Waals surface area contributed by atoms with Crippen LogP contribution < -0.4 is 20.1 Å². The highest BCUT2D eigenvalue weighted by Gasteiger charge is 2.34. The van der Waals surface area contributed by atoms with Gasteiger partial charge in [-0.2, -0.15) is 0 Å². The van der Waals surface area contributed by atoms with Gasteiger partial charge in [-0.15, -0.1) is 0 Å². The second kappa shape index (κ2) is 7.77. The molecule has 0 saturated heterocycles. The number of fused-ring (bicyclic) bond motifs is 1. The second-order valence-corrected chi connectivity index (χ2v) is 8.36. The third-order valence-electron chi connectivity index (χ3n) is 4.41. The Kier molecular flexibility index (Phi) is 5.61. The van der Waals surface area contributed by atoms with Gasteiger partial charge in [0.15, 0.2) is 5.11 Å². The Labute approximate surface area is 167 Å². The molecule has 1 aliphatic rings. The average Bonchev–Trinajstić information content (AvgIpc) is 2.56. The average molecular weight is 385 g/mol.